The molecule has 0 bridgehead atoms. The van der Waals surface area contributed by atoms with Crippen LogP contribution in [0.3, 0.4) is 0 Å². The molecule has 1 heterocycles. The number of rotatable bonds is 3. The molecule has 0 spiro atoms. The largest absolute Gasteiger partial charge is 0.372 e. The molecule has 0 N–H and O–H groups in total. The van der Waals surface area contributed by atoms with Crippen LogP contribution in [0.15, 0.2) is 12.1 Å². The zero-order valence-electron chi connectivity index (χ0n) is 7.95. The molecular formula is C10H13ClN2O. The van der Waals surface area contributed by atoms with E-state index in [4.69, 9.17) is 16.3 Å². The maximum absolute atomic E-state index is 5.68. The van der Waals surface area contributed by atoms with Gasteiger partial charge >= 0.3 is 0 Å². The maximum atomic E-state index is 5.68. The van der Waals surface area contributed by atoms with Gasteiger partial charge in [0.15, 0.2) is 5.15 Å². The van der Waals surface area contributed by atoms with Crippen molar-refractivity contribution in [2.45, 2.75) is 38.4 Å². The van der Waals surface area contributed by atoms with E-state index < -0.39 is 0 Å². The summed E-state index contributed by atoms with van der Waals surface area (Å²) in [5.41, 5.74) is 0.848. The first kappa shape index (κ1) is 9.87. The fourth-order valence-corrected chi connectivity index (χ4v) is 1.78. The number of hydrogen-bond donors (Lipinski definition) is 0. The number of halogens is 1. The minimum atomic E-state index is 0.424. The molecule has 1 saturated carbocycles. The van der Waals surface area contributed by atoms with E-state index in [1.165, 1.54) is 25.7 Å². The molecule has 0 unspecified atom stereocenters. The Kier molecular flexibility index (Phi) is 3.32. The molecule has 3 nitrogen and oxygen atoms in total. The highest BCUT2D eigenvalue weighted by Crippen LogP contribution is 2.21. The second-order valence-electron chi connectivity index (χ2n) is 3.56. The smallest absolute Gasteiger partial charge is 0.151 e. The van der Waals surface area contributed by atoms with Crippen LogP contribution in [0.5, 0.6) is 0 Å². The predicted octanol–water partition coefficient (Wildman–Crippen LogP) is 2.59. The highest BCUT2D eigenvalue weighted by Gasteiger charge is 2.15. The Morgan fingerprint density at radius 2 is 2.07 bits per heavy atom. The zero-order valence-corrected chi connectivity index (χ0v) is 8.70. The van der Waals surface area contributed by atoms with E-state index in [1.54, 1.807) is 6.07 Å². The van der Waals surface area contributed by atoms with Crippen molar-refractivity contribution in [3.8, 4) is 0 Å². The molecule has 0 amide bonds. The Hall–Kier alpha value is -0.670. The van der Waals surface area contributed by atoms with E-state index in [0.717, 1.165) is 5.69 Å². The van der Waals surface area contributed by atoms with Crippen molar-refractivity contribution >= 4 is 11.6 Å². The first-order chi connectivity index (χ1) is 6.84. The van der Waals surface area contributed by atoms with Crippen LogP contribution in [0.25, 0.3) is 0 Å². The summed E-state index contributed by atoms with van der Waals surface area (Å²) in [6, 6.07) is 3.59. The number of hydrogen-bond acceptors (Lipinski definition) is 3. The van der Waals surface area contributed by atoms with Gasteiger partial charge in [-0.15, -0.1) is 5.10 Å². The molecule has 1 aromatic rings. The molecule has 1 aliphatic carbocycles. The van der Waals surface area contributed by atoms with Gasteiger partial charge in [0.2, 0.25) is 0 Å². The third-order valence-corrected chi connectivity index (χ3v) is 2.66. The Morgan fingerprint density at radius 3 is 2.71 bits per heavy atom. The van der Waals surface area contributed by atoms with Gasteiger partial charge in [0.05, 0.1) is 18.4 Å². The van der Waals surface area contributed by atoms with Gasteiger partial charge in [0.1, 0.15) is 0 Å². The molecule has 1 aromatic heterocycles. The first-order valence-electron chi connectivity index (χ1n) is 4.94. The molecule has 2 rings (SSSR count). The molecule has 1 fully saturated rings. The molecular weight excluding hydrogens is 200 g/mol. The third kappa shape index (κ3) is 2.66. The Bertz CT molecular complexity index is 283. The van der Waals surface area contributed by atoms with Gasteiger partial charge in [-0.2, -0.15) is 5.10 Å². The lowest BCUT2D eigenvalue weighted by Crippen LogP contribution is -2.08. The molecule has 0 saturated heterocycles. The van der Waals surface area contributed by atoms with Crippen molar-refractivity contribution in [3.63, 3.8) is 0 Å². The quantitative estimate of drug-likeness (QED) is 0.773. The monoisotopic (exact) mass is 212 g/mol. The molecule has 1 aliphatic rings. The van der Waals surface area contributed by atoms with E-state index in [-0.39, 0.29) is 0 Å². The predicted molar refractivity (Wildman–Crippen MR) is 54.1 cm³/mol. The summed E-state index contributed by atoms with van der Waals surface area (Å²) in [4.78, 5) is 0. The Morgan fingerprint density at radius 1 is 1.29 bits per heavy atom. The van der Waals surface area contributed by atoms with Crippen LogP contribution in [-0.4, -0.2) is 16.3 Å². The molecule has 76 valence electrons. The summed E-state index contributed by atoms with van der Waals surface area (Å²) in [6.45, 7) is 0.550. The van der Waals surface area contributed by atoms with Crippen molar-refractivity contribution in [2.75, 3.05) is 0 Å². The summed E-state index contributed by atoms with van der Waals surface area (Å²) in [5, 5.41) is 8.12. The van der Waals surface area contributed by atoms with Crippen LogP contribution in [-0.2, 0) is 11.3 Å². The second kappa shape index (κ2) is 4.71. The normalized spacial score (nSPS) is 17.5. The Balaban J connectivity index is 1.82. The van der Waals surface area contributed by atoms with Gasteiger partial charge in [-0.1, -0.05) is 24.4 Å². The summed E-state index contributed by atoms with van der Waals surface area (Å²) in [6.07, 6.45) is 5.36. The van der Waals surface area contributed by atoms with Crippen molar-refractivity contribution in [3.05, 3.63) is 23.0 Å². The van der Waals surface area contributed by atoms with Crippen LogP contribution in [0.1, 0.15) is 31.4 Å². The summed E-state index contributed by atoms with van der Waals surface area (Å²) in [5.74, 6) is 0. The topological polar surface area (TPSA) is 35.0 Å². The van der Waals surface area contributed by atoms with Gasteiger partial charge in [-0.05, 0) is 25.0 Å². The fourth-order valence-electron chi connectivity index (χ4n) is 1.68. The SMILES string of the molecule is Clc1ccc(COC2CCCC2)nn1. The lowest BCUT2D eigenvalue weighted by Gasteiger charge is -2.09. The van der Waals surface area contributed by atoms with Gasteiger partial charge < -0.3 is 4.74 Å². The maximum Gasteiger partial charge on any atom is 0.151 e. The van der Waals surface area contributed by atoms with Crippen molar-refractivity contribution < 1.29 is 4.74 Å². The highest BCUT2D eigenvalue weighted by molar-refractivity contribution is 6.29. The first-order valence-corrected chi connectivity index (χ1v) is 5.32. The third-order valence-electron chi connectivity index (χ3n) is 2.46. The van der Waals surface area contributed by atoms with E-state index in [1.807, 2.05) is 6.07 Å². The average Bonchev–Trinajstić information content (AvgIpc) is 2.70. The minimum absolute atomic E-state index is 0.424. The number of aromatic nitrogens is 2. The number of nitrogens with zero attached hydrogens (tertiary/aromatic N) is 2. The highest BCUT2D eigenvalue weighted by atomic mass is 35.5. The van der Waals surface area contributed by atoms with Gasteiger partial charge in [-0.25, -0.2) is 0 Å². The van der Waals surface area contributed by atoms with Gasteiger partial charge in [0.25, 0.3) is 0 Å². The molecule has 0 aliphatic heterocycles. The number of ether oxygens (including phenoxy) is 1. The van der Waals surface area contributed by atoms with E-state index in [9.17, 15) is 0 Å². The summed E-state index contributed by atoms with van der Waals surface area (Å²) >= 11 is 5.62. The lowest BCUT2D eigenvalue weighted by molar-refractivity contribution is 0.0434. The molecule has 0 radical (unpaired) electrons. The lowest BCUT2D eigenvalue weighted by atomic mass is 10.3. The van der Waals surface area contributed by atoms with Gasteiger partial charge in [-0.3, -0.25) is 0 Å². The second-order valence-corrected chi connectivity index (χ2v) is 3.95. The summed E-state index contributed by atoms with van der Waals surface area (Å²) in [7, 11) is 0. The average molecular weight is 213 g/mol. The molecule has 0 aromatic carbocycles. The van der Waals surface area contributed by atoms with Crippen LogP contribution in [0.2, 0.25) is 5.15 Å². The zero-order chi connectivity index (χ0) is 9.80. The van der Waals surface area contributed by atoms with Gasteiger partial charge in [0, 0.05) is 0 Å². The van der Waals surface area contributed by atoms with E-state index >= 15 is 0 Å². The van der Waals surface area contributed by atoms with Crippen molar-refractivity contribution in [2.24, 2.45) is 0 Å². The fraction of sp³-hybridized carbons (Fsp3) is 0.600. The van der Waals surface area contributed by atoms with Crippen molar-refractivity contribution in [1.82, 2.24) is 10.2 Å². The minimum Gasteiger partial charge on any atom is -0.372 e. The molecule has 4 heteroatoms. The summed E-state index contributed by atoms with van der Waals surface area (Å²) < 4.78 is 5.68. The Labute approximate surface area is 88.4 Å². The molecule has 14 heavy (non-hydrogen) atoms. The van der Waals surface area contributed by atoms with Crippen LogP contribution in [0.4, 0.5) is 0 Å². The standard InChI is InChI=1S/C10H13ClN2O/c11-10-6-5-8(12-13-10)7-14-9-3-1-2-4-9/h5-6,9H,1-4,7H2. The van der Waals surface area contributed by atoms with Crippen LogP contribution >= 0.6 is 11.6 Å². The van der Waals surface area contributed by atoms with E-state index in [2.05, 4.69) is 10.2 Å². The van der Waals surface area contributed by atoms with Crippen LogP contribution < -0.4 is 0 Å². The van der Waals surface area contributed by atoms with Crippen molar-refractivity contribution in [1.29, 1.82) is 0 Å². The molecule has 0 atom stereocenters. The van der Waals surface area contributed by atoms with Crippen LogP contribution in [0, 0.1) is 0 Å². The van der Waals surface area contributed by atoms with E-state index in [0.29, 0.717) is 17.9 Å².